The molecule has 112 valence electrons. The zero-order chi connectivity index (χ0) is 15.1. The molecule has 6 heteroatoms. The minimum absolute atomic E-state index is 0.0598. The van der Waals surface area contributed by atoms with Gasteiger partial charge in [0.2, 0.25) is 0 Å². The largest absolute Gasteiger partial charge is 0.357 e. The van der Waals surface area contributed by atoms with E-state index >= 15 is 0 Å². The van der Waals surface area contributed by atoms with E-state index in [9.17, 15) is 4.39 Å². The maximum atomic E-state index is 14.4. The minimum Gasteiger partial charge on any atom is -0.357 e. The molecule has 0 spiro atoms. The Hall–Kier alpha value is -0.910. The first-order chi connectivity index (χ1) is 10.0. The summed E-state index contributed by atoms with van der Waals surface area (Å²) in [5.74, 6) is -0.488. The Balaban J connectivity index is 2.22. The molecule has 1 aromatic heterocycles. The lowest BCUT2D eigenvalue weighted by molar-refractivity contribution is -0.0390. The van der Waals surface area contributed by atoms with E-state index in [2.05, 4.69) is 27.6 Å². The molecule has 3 rings (SSSR count). The summed E-state index contributed by atoms with van der Waals surface area (Å²) in [7, 11) is 0. The van der Waals surface area contributed by atoms with Crippen LogP contribution in [0.25, 0.3) is 16.5 Å². The van der Waals surface area contributed by atoms with Crippen molar-refractivity contribution in [3.05, 3.63) is 33.7 Å². The second kappa shape index (κ2) is 5.71. The fraction of sp³-hybridized carbons (Fsp3) is 0.400. The summed E-state index contributed by atoms with van der Waals surface area (Å²) in [5.41, 5.74) is 1.53. The van der Waals surface area contributed by atoms with Crippen molar-refractivity contribution in [1.29, 1.82) is 0 Å². The molecule has 3 nitrogen and oxygen atoms in total. The van der Waals surface area contributed by atoms with Gasteiger partial charge in [0.15, 0.2) is 5.82 Å². The molecule has 1 unspecified atom stereocenters. The Bertz CT molecular complexity index is 722. The fourth-order valence-corrected chi connectivity index (χ4v) is 3.30. The Kier molecular flexibility index (Phi) is 4.08. The van der Waals surface area contributed by atoms with Crippen molar-refractivity contribution in [1.82, 2.24) is 9.78 Å². The number of ether oxygens (including phenoxy) is 1. The van der Waals surface area contributed by atoms with Crippen LogP contribution in [0, 0.1) is 5.82 Å². The van der Waals surface area contributed by atoms with Gasteiger partial charge in [0, 0.05) is 23.8 Å². The van der Waals surface area contributed by atoms with Crippen LogP contribution in [0.4, 0.5) is 4.39 Å². The first kappa shape index (κ1) is 15.0. The maximum Gasteiger partial charge on any atom is 0.152 e. The Morgan fingerprint density at radius 1 is 1.57 bits per heavy atom. The van der Waals surface area contributed by atoms with E-state index in [0.717, 1.165) is 31.3 Å². The Morgan fingerprint density at radius 2 is 2.33 bits per heavy atom. The summed E-state index contributed by atoms with van der Waals surface area (Å²) >= 11 is 9.43. The van der Waals surface area contributed by atoms with Crippen LogP contribution in [0.3, 0.4) is 0 Å². The molecule has 2 heterocycles. The molecule has 0 saturated carbocycles. The van der Waals surface area contributed by atoms with E-state index in [-0.39, 0.29) is 11.3 Å². The summed E-state index contributed by atoms with van der Waals surface area (Å²) in [4.78, 5) is 0. The summed E-state index contributed by atoms with van der Waals surface area (Å²) in [6.45, 7) is 6.31. The molecular formula is C15H15BrClFN2O. The third-order valence-electron chi connectivity index (χ3n) is 3.69. The van der Waals surface area contributed by atoms with Crippen molar-refractivity contribution < 1.29 is 9.13 Å². The molecular weight excluding hydrogens is 359 g/mol. The van der Waals surface area contributed by atoms with Crippen molar-refractivity contribution >= 4 is 44.0 Å². The van der Waals surface area contributed by atoms with Gasteiger partial charge in [0.1, 0.15) is 11.7 Å². The lowest BCUT2D eigenvalue weighted by atomic mass is 10.1. The third-order valence-corrected chi connectivity index (χ3v) is 5.09. The van der Waals surface area contributed by atoms with Crippen LogP contribution in [0.1, 0.15) is 38.0 Å². The summed E-state index contributed by atoms with van der Waals surface area (Å²) in [6.07, 6.45) is 4.83. The highest BCUT2D eigenvalue weighted by molar-refractivity contribution is 9.10. The Morgan fingerprint density at radius 3 is 2.95 bits per heavy atom. The van der Waals surface area contributed by atoms with Gasteiger partial charge in [-0.25, -0.2) is 9.07 Å². The molecule has 2 aromatic rings. The van der Waals surface area contributed by atoms with E-state index in [4.69, 9.17) is 16.3 Å². The topological polar surface area (TPSA) is 27.1 Å². The maximum absolute atomic E-state index is 14.4. The zero-order valence-electron chi connectivity index (χ0n) is 11.6. The van der Waals surface area contributed by atoms with Crippen LogP contribution >= 0.6 is 27.5 Å². The zero-order valence-corrected chi connectivity index (χ0v) is 14.0. The van der Waals surface area contributed by atoms with E-state index in [1.54, 1.807) is 11.6 Å². The molecule has 1 fully saturated rings. The predicted octanol–water partition coefficient (Wildman–Crippen LogP) is 5.32. The molecule has 1 atom stereocenters. The molecule has 1 aliphatic heterocycles. The highest BCUT2D eigenvalue weighted by atomic mass is 79.9. The number of halogens is 3. The molecule has 0 radical (unpaired) electrons. The molecule has 1 saturated heterocycles. The SMILES string of the molecule is C=C(C)c1c(F)c(Cl)c(Br)c2cn(C3CCCCO3)nc12. The quantitative estimate of drug-likeness (QED) is 0.666. The van der Waals surface area contributed by atoms with Crippen molar-refractivity contribution in [3.63, 3.8) is 0 Å². The number of rotatable bonds is 2. The van der Waals surface area contributed by atoms with Crippen molar-refractivity contribution in [2.45, 2.75) is 32.4 Å². The van der Waals surface area contributed by atoms with E-state index in [1.165, 1.54) is 0 Å². The van der Waals surface area contributed by atoms with Crippen LogP contribution in [-0.4, -0.2) is 16.4 Å². The highest BCUT2D eigenvalue weighted by Crippen LogP contribution is 2.39. The summed E-state index contributed by atoms with van der Waals surface area (Å²) in [5, 5.41) is 5.35. The van der Waals surface area contributed by atoms with Crippen LogP contribution in [0.2, 0.25) is 5.02 Å². The number of benzene rings is 1. The van der Waals surface area contributed by atoms with E-state index in [1.807, 2.05) is 6.20 Å². The minimum atomic E-state index is -0.488. The molecule has 0 bridgehead atoms. The number of hydrogen-bond acceptors (Lipinski definition) is 2. The van der Waals surface area contributed by atoms with Crippen molar-refractivity contribution in [3.8, 4) is 0 Å². The summed E-state index contributed by atoms with van der Waals surface area (Å²) in [6, 6.07) is 0. The monoisotopic (exact) mass is 372 g/mol. The average Bonchev–Trinajstić information content (AvgIpc) is 2.90. The number of allylic oxidation sites excluding steroid dienone is 1. The van der Waals surface area contributed by atoms with Crippen LogP contribution in [0.15, 0.2) is 17.2 Å². The molecule has 0 amide bonds. The lowest BCUT2D eigenvalue weighted by Crippen LogP contribution is -2.18. The Labute approximate surface area is 135 Å². The predicted molar refractivity (Wildman–Crippen MR) is 85.9 cm³/mol. The second-order valence-electron chi connectivity index (χ2n) is 5.29. The molecule has 1 aromatic carbocycles. The van der Waals surface area contributed by atoms with Crippen LogP contribution < -0.4 is 0 Å². The fourth-order valence-electron chi connectivity index (χ4n) is 2.63. The van der Waals surface area contributed by atoms with Gasteiger partial charge in [-0.05, 0) is 47.7 Å². The van der Waals surface area contributed by atoms with Gasteiger partial charge in [-0.3, -0.25) is 0 Å². The third kappa shape index (κ3) is 2.51. The van der Waals surface area contributed by atoms with Crippen molar-refractivity contribution in [2.24, 2.45) is 0 Å². The van der Waals surface area contributed by atoms with Gasteiger partial charge in [-0.1, -0.05) is 18.2 Å². The first-order valence-electron chi connectivity index (χ1n) is 6.83. The van der Waals surface area contributed by atoms with Gasteiger partial charge in [0.25, 0.3) is 0 Å². The summed E-state index contributed by atoms with van der Waals surface area (Å²) < 4.78 is 22.4. The molecule has 1 aliphatic rings. The first-order valence-corrected chi connectivity index (χ1v) is 8.00. The van der Waals surface area contributed by atoms with Gasteiger partial charge >= 0.3 is 0 Å². The molecule has 21 heavy (non-hydrogen) atoms. The smallest absolute Gasteiger partial charge is 0.152 e. The average molecular weight is 374 g/mol. The highest BCUT2D eigenvalue weighted by Gasteiger charge is 2.23. The van der Waals surface area contributed by atoms with Gasteiger partial charge in [-0.2, -0.15) is 5.10 Å². The van der Waals surface area contributed by atoms with Crippen molar-refractivity contribution in [2.75, 3.05) is 6.61 Å². The van der Waals surface area contributed by atoms with Gasteiger partial charge in [-0.15, -0.1) is 0 Å². The second-order valence-corrected chi connectivity index (χ2v) is 6.46. The number of hydrogen-bond donors (Lipinski definition) is 0. The number of nitrogens with zero attached hydrogens (tertiary/aromatic N) is 2. The van der Waals surface area contributed by atoms with E-state index < -0.39 is 5.82 Å². The molecule has 0 N–H and O–H groups in total. The standard InChI is InChI=1S/C15H15BrClFN2O/c1-8(2)11-14(18)13(17)12(16)9-7-20(19-15(9)11)10-5-3-4-6-21-10/h7,10H,1,3-6H2,2H3. The van der Waals surface area contributed by atoms with Crippen LogP contribution in [0.5, 0.6) is 0 Å². The van der Waals surface area contributed by atoms with E-state index in [0.29, 0.717) is 21.1 Å². The van der Waals surface area contributed by atoms with Gasteiger partial charge in [0.05, 0.1) is 9.50 Å². The normalized spacial score (nSPS) is 19.1. The lowest BCUT2D eigenvalue weighted by Gasteiger charge is -2.22. The number of aromatic nitrogens is 2. The number of fused-ring (bicyclic) bond motifs is 1. The van der Waals surface area contributed by atoms with Crippen LogP contribution in [-0.2, 0) is 4.74 Å². The molecule has 0 aliphatic carbocycles. The van der Waals surface area contributed by atoms with Gasteiger partial charge < -0.3 is 4.74 Å².